The number of sulfonamides is 1. The molecular weight excluding hydrogens is 376 g/mol. The maximum atomic E-state index is 12.5. The van der Waals surface area contributed by atoms with Gasteiger partial charge in [0.25, 0.3) is 10.0 Å². The Bertz CT molecular complexity index is 1030. The molecule has 0 aliphatic heterocycles. The van der Waals surface area contributed by atoms with Crippen molar-refractivity contribution in [3.05, 3.63) is 84.4 Å². The number of para-hydroxylation sites is 1. The molecule has 0 amide bonds. The van der Waals surface area contributed by atoms with Gasteiger partial charge in [-0.1, -0.05) is 18.2 Å². The molecule has 3 aromatic rings. The monoisotopic (exact) mass is 396 g/mol. The second-order valence-corrected chi connectivity index (χ2v) is 7.60. The largest absolute Gasteiger partial charge is 0.462 e. The lowest BCUT2D eigenvalue weighted by Gasteiger charge is -2.10. The summed E-state index contributed by atoms with van der Waals surface area (Å²) in [6, 6.07) is 22.2. The minimum atomic E-state index is -3.76. The average molecular weight is 396 g/mol. The maximum Gasteiger partial charge on any atom is 0.338 e. The number of rotatable bonds is 7. The third-order valence-electron chi connectivity index (χ3n) is 3.88. The fourth-order valence-electron chi connectivity index (χ4n) is 2.51. The van der Waals surface area contributed by atoms with Gasteiger partial charge in [0.15, 0.2) is 0 Å². The average Bonchev–Trinajstić information content (AvgIpc) is 2.70. The summed E-state index contributed by atoms with van der Waals surface area (Å²) in [5.41, 5.74) is 2.52. The summed E-state index contributed by atoms with van der Waals surface area (Å²) in [6.45, 7) is 1.97. The van der Waals surface area contributed by atoms with Crippen molar-refractivity contribution in [1.82, 2.24) is 0 Å². The summed E-state index contributed by atoms with van der Waals surface area (Å²) in [5.74, 6) is -0.485. The van der Waals surface area contributed by atoms with Gasteiger partial charge in [0, 0.05) is 17.1 Å². The molecule has 0 saturated heterocycles. The Labute approximate surface area is 164 Å². The number of hydrogen-bond donors (Lipinski definition) is 2. The minimum absolute atomic E-state index is 0.0621. The van der Waals surface area contributed by atoms with Crippen molar-refractivity contribution >= 4 is 33.1 Å². The number of ether oxygens (including phenoxy) is 1. The zero-order valence-corrected chi connectivity index (χ0v) is 16.1. The predicted octanol–water partition coefficient (Wildman–Crippen LogP) is 4.41. The first-order valence-corrected chi connectivity index (χ1v) is 10.2. The summed E-state index contributed by atoms with van der Waals surface area (Å²) in [6.07, 6.45) is 0. The number of benzene rings is 3. The Kier molecular flexibility index (Phi) is 5.96. The molecule has 0 aliphatic rings. The van der Waals surface area contributed by atoms with Crippen LogP contribution in [0.5, 0.6) is 0 Å². The second-order valence-electron chi connectivity index (χ2n) is 5.92. The fraction of sp³-hybridized carbons (Fsp3) is 0.0952. The molecular formula is C21H20N2O4S. The number of anilines is 3. The lowest BCUT2D eigenvalue weighted by molar-refractivity contribution is 0.0526. The van der Waals surface area contributed by atoms with Crippen molar-refractivity contribution in [2.45, 2.75) is 11.8 Å². The topological polar surface area (TPSA) is 84.5 Å². The van der Waals surface area contributed by atoms with E-state index in [0.717, 1.165) is 11.4 Å². The van der Waals surface area contributed by atoms with E-state index in [1.54, 1.807) is 31.2 Å². The van der Waals surface area contributed by atoms with E-state index in [-0.39, 0.29) is 11.5 Å². The molecule has 0 radical (unpaired) electrons. The standard InChI is InChI=1S/C21H20N2O4S/c1-2-27-21(24)16-8-14-20(15-9-16)28(25,26)23-19-12-10-18(11-13-19)22-17-6-4-3-5-7-17/h3-15,22-23H,2H2,1H3. The van der Waals surface area contributed by atoms with Gasteiger partial charge in [-0.2, -0.15) is 0 Å². The lowest BCUT2D eigenvalue weighted by atomic mass is 10.2. The Morgan fingerprint density at radius 3 is 2.00 bits per heavy atom. The van der Waals surface area contributed by atoms with Gasteiger partial charge in [-0.05, 0) is 67.6 Å². The molecule has 0 spiro atoms. The molecule has 0 fully saturated rings. The highest BCUT2D eigenvalue weighted by Gasteiger charge is 2.15. The molecule has 0 aromatic heterocycles. The number of esters is 1. The van der Waals surface area contributed by atoms with E-state index >= 15 is 0 Å². The molecule has 0 bridgehead atoms. The van der Waals surface area contributed by atoms with E-state index < -0.39 is 16.0 Å². The Hall–Kier alpha value is -3.32. The molecule has 144 valence electrons. The normalized spacial score (nSPS) is 10.9. The molecule has 0 unspecified atom stereocenters. The van der Waals surface area contributed by atoms with Gasteiger partial charge >= 0.3 is 5.97 Å². The van der Waals surface area contributed by atoms with E-state index in [0.29, 0.717) is 11.3 Å². The maximum absolute atomic E-state index is 12.5. The highest BCUT2D eigenvalue weighted by molar-refractivity contribution is 7.92. The van der Waals surface area contributed by atoms with Crippen LogP contribution in [0.25, 0.3) is 0 Å². The van der Waals surface area contributed by atoms with Gasteiger partial charge < -0.3 is 10.1 Å². The smallest absolute Gasteiger partial charge is 0.338 e. The molecule has 0 atom stereocenters. The molecule has 0 saturated carbocycles. The van der Waals surface area contributed by atoms with Crippen LogP contribution >= 0.6 is 0 Å². The number of carbonyl (C=O) groups is 1. The van der Waals surface area contributed by atoms with Crippen LogP contribution in [-0.4, -0.2) is 21.0 Å². The van der Waals surface area contributed by atoms with Crippen molar-refractivity contribution in [3.8, 4) is 0 Å². The van der Waals surface area contributed by atoms with Gasteiger partial charge in [0.05, 0.1) is 17.1 Å². The molecule has 7 heteroatoms. The summed E-state index contributed by atoms with van der Waals surface area (Å²) in [7, 11) is -3.76. The first-order chi connectivity index (χ1) is 13.5. The Morgan fingerprint density at radius 1 is 0.821 bits per heavy atom. The van der Waals surface area contributed by atoms with E-state index in [2.05, 4.69) is 10.0 Å². The number of carbonyl (C=O) groups excluding carboxylic acids is 1. The highest BCUT2D eigenvalue weighted by Crippen LogP contribution is 2.21. The van der Waals surface area contributed by atoms with Crippen LogP contribution in [0.2, 0.25) is 0 Å². The van der Waals surface area contributed by atoms with Gasteiger partial charge in [0.1, 0.15) is 0 Å². The third kappa shape index (κ3) is 4.89. The fourth-order valence-corrected chi connectivity index (χ4v) is 3.57. The Morgan fingerprint density at radius 2 is 1.39 bits per heavy atom. The van der Waals surface area contributed by atoms with E-state index in [1.807, 2.05) is 30.3 Å². The van der Waals surface area contributed by atoms with Crippen LogP contribution in [0, 0.1) is 0 Å². The molecule has 2 N–H and O–H groups in total. The first kappa shape index (κ1) is 19.4. The third-order valence-corrected chi connectivity index (χ3v) is 5.27. The van der Waals surface area contributed by atoms with Crippen LogP contribution in [0.1, 0.15) is 17.3 Å². The summed E-state index contributed by atoms with van der Waals surface area (Å²) < 4.78 is 32.5. The lowest BCUT2D eigenvalue weighted by Crippen LogP contribution is -2.13. The van der Waals surface area contributed by atoms with Crippen LogP contribution in [-0.2, 0) is 14.8 Å². The van der Waals surface area contributed by atoms with Crippen LogP contribution in [0.4, 0.5) is 17.1 Å². The summed E-state index contributed by atoms with van der Waals surface area (Å²) >= 11 is 0. The minimum Gasteiger partial charge on any atom is -0.462 e. The first-order valence-electron chi connectivity index (χ1n) is 8.70. The number of nitrogens with one attached hydrogen (secondary N) is 2. The van der Waals surface area contributed by atoms with Gasteiger partial charge in [0.2, 0.25) is 0 Å². The highest BCUT2D eigenvalue weighted by atomic mass is 32.2. The van der Waals surface area contributed by atoms with Crippen molar-refractivity contribution in [3.63, 3.8) is 0 Å². The molecule has 0 aliphatic carbocycles. The van der Waals surface area contributed by atoms with Gasteiger partial charge in [-0.3, -0.25) is 4.72 Å². The van der Waals surface area contributed by atoms with Crippen molar-refractivity contribution in [2.75, 3.05) is 16.6 Å². The van der Waals surface area contributed by atoms with Crippen LogP contribution in [0.3, 0.4) is 0 Å². The van der Waals surface area contributed by atoms with Crippen LogP contribution in [0.15, 0.2) is 83.8 Å². The summed E-state index contributed by atoms with van der Waals surface area (Å²) in [5, 5.41) is 3.23. The quantitative estimate of drug-likeness (QED) is 0.578. The van der Waals surface area contributed by atoms with Crippen molar-refractivity contribution in [1.29, 1.82) is 0 Å². The zero-order chi connectivity index (χ0) is 20.0. The molecule has 3 aromatic carbocycles. The van der Waals surface area contributed by atoms with E-state index in [1.165, 1.54) is 24.3 Å². The van der Waals surface area contributed by atoms with Crippen LogP contribution < -0.4 is 10.0 Å². The molecule has 0 heterocycles. The second kappa shape index (κ2) is 8.58. The Balaban J connectivity index is 1.69. The van der Waals surface area contributed by atoms with Gasteiger partial charge in [-0.15, -0.1) is 0 Å². The van der Waals surface area contributed by atoms with Crippen molar-refractivity contribution in [2.24, 2.45) is 0 Å². The van der Waals surface area contributed by atoms with Crippen molar-refractivity contribution < 1.29 is 17.9 Å². The summed E-state index contributed by atoms with van der Waals surface area (Å²) in [4.78, 5) is 11.7. The zero-order valence-electron chi connectivity index (χ0n) is 15.3. The number of hydrogen-bond acceptors (Lipinski definition) is 5. The predicted molar refractivity (Wildman–Crippen MR) is 109 cm³/mol. The SMILES string of the molecule is CCOC(=O)c1ccc(S(=O)(=O)Nc2ccc(Nc3ccccc3)cc2)cc1. The van der Waals surface area contributed by atoms with E-state index in [4.69, 9.17) is 4.74 Å². The molecule has 28 heavy (non-hydrogen) atoms. The molecule has 6 nitrogen and oxygen atoms in total. The van der Waals surface area contributed by atoms with E-state index in [9.17, 15) is 13.2 Å². The van der Waals surface area contributed by atoms with Gasteiger partial charge in [-0.25, -0.2) is 13.2 Å². The molecule has 3 rings (SSSR count).